The van der Waals surface area contributed by atoms with Gasteiger partial charge in [-0.2, -0.15) is 0 Å². The van der Waals surface area contributed by atoms with E-state index in [2.05, 4.69) is 5.32 Å². The van der Waals surface area contributed by atoms with E-state index in [1.807, 2.05) is 51.1 Å². The van der Waals surface area contributed by atoms with Crippen LogP contribution in [0.1, 0.15) is 38.8 Å². The van der Waals surface area contributed by atoms with Crippen LogP contribution in [-0.4, -0.2) is 21.1 Å². The molecule has 0 bridgehead atoms. The maximum Gasteiger partial charge on any atom is 0.332 e. The molecule has 0 fully saturated rings. The van der Waals surface area contributed by atoms with E-state index in [9.17, 15) is 14.4 Å². The van der Waals surface area contributed by atoms with Gasteiger partial charge in [-0.05, 0) is 38.0 Å². The SMILES string of the molecule is CCC(C(=O)NC(C)C)n1c(=O)n(Cc2ccccc2)c(=O)c2ccccc21. The van der Waals surface area contributed by atoms with Crippen molar-refractivity contribution in [3.63, 3.8) is 0 Å². The number of rotatable bonds is 6. The second-order valence-corrected chi connectivity index (χ2v) is 7.13. The molecule has 1 aromatic heterocycles. The third-order valence-corrected chi connectivity index (χ3v) is 4.69. The van der Waals surface area contributed by atoms with E-state index < -0.39 is 11.7 Å². The summed E-state index contributed by atoms with van der Waals surface area (Å²) in [5.74, 6) is -0.227. The molecule has 1 amide bonds. The second kappa shape index (κ2) is 8.25. The van der Waals surface area contributed by atoms with Crippen LogP contribution in [0.15, 0.2) is 64.2 Å². The van der Waals surface area contributed by atoms with E-state index in [0.717, 1.165) is 5.56 Å². The predicted octanol–water partition coefficient (Wildman–Crippen LogP) is 2.69. The number of aromatic nitrogens is 2. The van der Waals surface area contributed by atoms with Gasteiger partial charge in [-0.15, -0.1) is 0 Å². The Morgan fingerprint density at radius 1 is 1.00 bits per heavy atom. The molecule has 146 valence electrons. The van der Waals surface area contributed by atoms with Crippen LogP contribution in [0.4, 0.5) is 0 Å². The molecule has 1 unspecified atom stereocenters. The van der Waals surface area contributed by atoms with Crippen molar-refractivity contribution in [3.05, 3.63) is 81.0 Å². The Hall–Kier alpha value is -3.15. The number of carbonyl (C=O) groups excluding carboxylic acids is 1. The highest BCUT2D eigenvalue weighted by atomic mass is 16.2. The Morgan fingerprint density at radius 2 is 1.64 bits per heavy atom. The summed E-state index contributed by atoms with van der Waals surface area (Å²) in [5, 5.41) is 3.31. The zero-order chi connectivity index (χ0) is 20.3. The summed E-state index contributed by atoms with van der Waals surface area (Å²) < 4.78 is 2.67. The normalized spacial score (nSPS) is 12.3. The zero-order valence-corrected chi connectivity index (χ0v) is 16.4. The van der Waals surface area contributed by atoms with Gasteiger partial charge in [0.05, 0.1) is 17.4 Å². The summed E-state index contributed by atoms with van der Waals surface area (Å²) in [7, 11) is 0. The summed E-state index contributed by atoms with van der Waals surface area (Å²) in [6, 6.07) is 15.6. The quantitative estimate of drug-likeness (QED) is 0.716. The van der Waals surface area contributed by atoms with Gasteiger partial charge in [-0.1, -0.05) is 49.4 Å². The van der Waals surface area contributed by atoms with Crippen molar-refractivity contribution in [2.45, 2.75) is 45.8 Å². The molecule has 0 aliphatic rings. The first kappa shape index (κ1) is 19.6. The lowest BCUT2D eigenvalue weighted by Gasteiger charge is -2.22. The van der Waals surface area contributed by atoms with E-state index >= 15 is 0 Å². The molecule has 28 heavy (non-hydrogen) atoms. The third-order valence-electron chi connectivity index (χ3n) is 4.69. The Kier molecular flexibility index (Phi) is 5.78. The summed E-state index contributed by atoms with van der Waals surface area (Å²) in [6.45, 7) is 5.77. The molecule has 6 heteroatoms. The second-order valence-electron chi connectivity index (χ2n) is 7.13. The molecular formula is C22H25N3O3. The number of amides is 1. The van der Waals surface area contributed by atoms with E-state index in [1.54, 1.807) is 24.3 Å². The minimum Gasteiger partial charge on any atom is -0.352 e. The summed E-state index contributed by atoms with van der Waals surface area (Å²) in [5.41, 5.74) is 0.508. The molecule has 0 saturated heterocycles. The Morgan fingerprint density at radius 3 is 2.29 bits per heavy atom. The van der Waals surface area contributed by atoms with E-state index in [4.69, 9.17) is 0 Å². The lowest BCUT2D eigenvalue weighted by Crippen LogP contribution is -2.46. The van der Waals surface area contributed by atoms with Crippen LogP contribution in [0, 0.1) is 0 Å². The number of nitrogens with one attached hydrogen (secondary N) is 1. The molecule has 3 rings (SSSR count). The van der Waals surface area contributed by atoms with Crippen LogP contribution in [0.5, 0.6) is 0 Å². The van der Waals surface area contributed by atoms with Crippen LogP contribution in [-0.2, 0) is 11.3 Å². The number of hydrogen-bond donors (Lipinski definition) is 1. The Labute approximate surface area is 163 Å². The van der Waals surface area contributed by atoms with E-state index in [-0.39, 0.29) is 24.1 Å². The summed E-state index contributed by atoms with van der Waals surface area (Å²) >= 11 is 0. The smallest absolute Gasteiger partial charge is 0.332 e. The maximum absolute atomic E-state index is 13.3. The average Bonchev–Trinajstić information content (AvgIpc) is 2.68. The average molecular weight is 379 g/mol. The molecule has 1 N–H and O–H groups in total. The van der Waals surface area contributed by atoms with Crippen molar-refractivity contribution in [1.29, 1.82) is 0 Å². The molecule has 1 atom stereocenters. The van der Waals surface area contributed by atoms with Gasteiger partial charge in [-0.25, -0.2) is 4.79 Å². The fraction of sp³-hybridized carbons (Fsp3) is 0.318. The van der Waals surface area contributed by atoms with E-state index in [0.29, 0.717) is 17.3 Å². The van der Waals surface area contributed by atoms with Gasteiger partial charge in [0.25, 0.3) is 5.56 Å². The molecule has 0 saturated carbocycles. The molecule has 1 heterocycles. The van der Waals surface area contributed by atoms with E-state index in [1.165, 1.54) is 9.13 Å². The summed E-state index contributed by atoms with van der Waals surface area (Å²) in [4.78, 5) is 39.1. The number of para-hydroxylation sites is 1. The van der Waals surface area contributed by atoms with Crippen molar-refractivity contribution < 1.29 is 4.79 Å². The number of fused-ring (bicyclic) bond motifs is 1. The van der Waals surface area contributed by atoms with Crippen LogP contribution in [0.25, 0.3) is 10.9 Å². The minimum absolute atomic E-state index is 0.0428. The molecule has 0 radical (unpaired) electrons. The topological polar surface area (TPSA) is 73.1 Å². The van der Waals surface area contributed by atoms with Gasteiger partial charge in [0.2, 0.25) is 5.91 Å². The van der Waals surface area contributed by atoms with Crippen LogP contribution in [0.3, 0.4) is 0 Å². The van der Waals surface area contributed by atoms with Crippen LogP contribution in [0.2, 0.25) is 0 Å². The van der Waals surface area contributed by atoms with Gasteiger partial charge < -0.3 is 5.32 Å². The molecule has 0 aliphatic heterocycles. The Bertz CT molecular complexity index is 1100. The largest absolute Gasteiger partial charge is 0.352 e. The number of nitrogens with zero attached hydrogens (tertiary/aromatic N) is 2. The molecular weight excluding hydrogens is 354 g/mol. The highest BCUT2D eigenvalue weighted by molar-refractivity contribution is 5.84. The first-order chi connectivity index (χ1) is 13.4. The van der Waals surface area contributed by atoms with Crippen molar-refractivity contribution in [3.8, 4) is 0 Å². The Balaban J connectivity index is 2.25. The van der Waals surface area contributed by atoms with Crippen molar-refractivity contribution in [2.75, 3.05) is 0 Å². The highest BCUT2D eigenvalue weighted by Crippen LogP contribution is 2.17. The summed E-state index contributed by atoms with van der Waals surface area (Å²) in [6.07, 6.45) is 0.437. The van der Waals surface area contributed by atoms with Gasteiger partial charge in [0.15, 0.2) is 0 Å². The first-order valence-electron chi connectivity index (χ1n) is 9.52. The number of carbonyl (C=O) groups is 1. The highest BCUT2D eigenvalue weighted by Gasteiger charge is 2.24. The van der Waals surface area contributed by atoms with Crippen molar-refractivity contribution in [1.82, 2.24) is 14.5 Å². The molecule has 2 aromatic carbocycles. The number of benzene rings is 2. The van der Waals surface area contributed by atoms with Gasteiger partial charge in [-0.3, -0.25) is 18.7 Å². The molecule has 0 aliphatic carbocycles. The van der Waals surface area contributed by atoms with Gasteiger partial charge >= 0.3 is 5.69 Å². The molecule has 6 nitrogen and oxygen atoms in total. The lowest BCUT2D eigenvalue weighted by atomic mass is 10.1. The third kappa shape index (κ3) is 3.76. The first-order valence-corrected chi connectivity index (χ1v) is 9.52. The standard InChI is InChI=1S/C22H25N3O3/c1-4-18(20(26)23-15(2)3)25-19-13-9-8-12-17(19)21(27)24(22(25)28)14-16-10-6-5-7-11-16/h5-13,15,18H,4,14H2,1-3H3,(H,23,26). The fourth-order valence-corrected chi connectivity index (χ4v) is 3.40. The van der Waals surface area contributed by atoms with Crippen LogP contribution >= 0.6 is 0 Å². The molecule has 0 spiro atoms. The molecule has 3 aromatic rings. The maximum atomic E-state index is 13.3. The van der Waals surface area contributed by atoms with Crippen molar-refractivity contribution >= 4 is 16.8 Å². The van der Waals surface area contributed by atoms with Gasteiger partial charge in [0, 0.05) is 6.04 Å². The zero-order valence-electron chi connectivity index (χ0n) is 16.4. The predicted molar refractivity (Wildman–Crippen MR) is 111 cm³/mol. The van der Waals surface area contributed by atoms with Gasteiger partial charge in [0.1, 0.15) is 6.04 Å². The van der Waals surface area contributed by atoms with Crippen molar-refractivity contribution in [2.24, 2.45) is 0 Å². The van der Waals surface area contributed by atoms with Crippen LogP contribution < -0.4 is 16.6 Å². The minimum atomic E-state index is -0.692. The monoisotopic (exact) mass is 379 g/mol. The fourth-order valence-electron chi connectivity index (χ4n) is 3.40. The lowest BCUT2D eigenvalue weighted by molar-refractivity contribution is -0.124. The number of hydrogen-bond acceptors (Lipinski definition) is 3.